The van der Waals surface area contributed by atoms with Gasteiger partial charge in [0.15, 0.2) is 6.29 Å². The molecular formula is C48H87NO8. The van der Waals surface area contributed by atoms with Crippen LogP contribution in [0.3, 0.4) is 0 Å². The molecule has 7 atom stereocenters. The van der Waals surface area contributed by atoms with Crippen LogP contribution < -0.4 is 5.32 Å². The molecule has 1 saturated heterocycles. The van der Waals surface area contributed by atoms with Gasteiger partial charge in [-0.15, -0.1) is 0 Å². The molecule has 0 spiro atoms. The zero-order chi connectivity index (χ0) is 41.6. The summed E-state index contributed by atoms with van der Waals surface area (Å²) in [5.74, 6) is -0.197. The molecule has 0 aromatic heterocycles. The molecule has 57 heavy (non-hydrogen) atoms. The van der Waals surface area contributed by atoms with Crippen LogP contribution in [0, 0.1) is 0 Å². The highest BCUT2D eigenvalue weighted by Crippen LogP contribution is 2.22. The average molecular weight is 806 g/mol. The Bertz CT molecular complexity index is 1030. The van der Waals surface area contributed by atoms with E-state index in [0.717, 1.165) is 64.2 Å². The molecule has 0 aliphatic carbocycles. The highest BCUT2D eigenvalue weighted by atomic mass is 16.7. The van der Waals surface area contributed by atoms with E-state index in [1.54, 1.807) is 6.08 Å². The Hall–Kier alpha value is -1.85. The lowest BCUT2D eigenvalue weighted by molar-refractivity contribution is -0.302. The summed E-state index contributed by atoms with van der Waals surface area (Å²) >= 11 is 0. The monoisotopic (exact) mass is 806 g/mol. The largest absolute Gasteiger partial charge is 0.394 e. The third-order valence-electron chi connectivity index (χ3n) is 10.9. The molecule has 332 valence electrons. The number of allylic oxidation sites excluding steroid dienone is 7. The predicted molar refractivity (Wildman–Crippen MR) is 235 cm³/mol. The van der Waals surface area contributed by atoms with Gasteiger partial charge in [-0.1, -0.05) is 165 Å². The van der Waals surface area contributed by atoms with Crippen LogP contribution in [0.5, 0.6) is 0 Å². The van der Waals surface area contributed by atoms with Crippen LogP contribution in [-0.4, -0.2) is 87.5 Å². The summed E-state index contributed by atoms with van der Waals surface area (Å²) in [6.07, 6.45) is 41.5. The fraction of sp³-hybridized carbons (Fsp3) is 0.812. The molecular weight excluding hydrogens is 719 g/mol. The first-order valence-electron chi connectivity index (χ1n) is 23.4. The maximum atomic E-state index is 13.0. The standard InChI is InChI=1S/C48H87NO8/c1-3-5-7-9-11-13-15-17-19-21-23-25-27-29-31-33-35-37-42(51)41(40-56-48-47(55)46(54)45(53)43(39-50)57-48)49-44(52)38-36-34-32-30-28-26-24-22-20-18-16-14-12-10-8-6-4-2/h18-21,27,29,35,37,41-43,45-48,50-51,53-55H,3-17,22-26,28,30-34,36,38-40H2,1-2H3,(H,49,52)/b20-18-,21-19+,29-27+,37-35+. The fourth-order valence-corrected chi connectivity index (χ4v) is 7.06. The number of unbranched alkanes of at least 4 members (excludes halogenated alkanes) is 22. The SMILES string of the molecule is CCCCCCCC/C=C\CCCCCCCCCC(=O)NC(COC1OC(CO)C(O)C(O)C1O)C(O)/C=C/CC/C=C/CC/C=C/CCCCCCCCC. The number of amides is 1. The van der Waals surface area contributed by atoms with Gasteiger partial charge >= 0.3 is 0 Å². The number of hydrogen-bond acceptors (Lipinski definition) is 8. The Morgan fingerprint density at radius 1 is 0.579 bits per heavy atom. The fourth-order valence-electron chi connectivity index (χ4n) is 7.06. The highest BCUT2D eigenvalue weighted by Gasteiger charge is 2.44. The maximum Gasteiger partial charge on any atom is 0.220 e. The summed E-state index contributed by atoms with van der Waals surface area (Å²) in [6.45, 7) is 3.73. The first kappa shape index (κ1) is 53.2. The topological polar surface area (TPSA) is 149 Å². The highest BCUT2D eigenvalue weighted by molar-refractivity contribution is 5.76. The Morgan fingerprint density at radius 2 is 1.00 bits per heavy atom. The van der Waals surface area contributed by atoms with Crippen LogP contribution in [0.1, 0.15) is 194 Å². The van der Waals surface area contributed by atoms with E-state index in [-0.39, 0.29) is 12.5 Å². The molecule has 1 aliphatic rings. The molecule has 0 saturated carbocycles. The van der Waals surface area contributed by atoms with Crippen molar-refractivity contribution in [3.8, 4) is 0 Å². The van der Waals surface area contributed by atoms with Crippen LogP contribution in [0.2, 0.25) is 0 Å². The van der Waals surface area contributed by atoms with Crippen molar-refractivity contribution in [3.05, 3.63) is 48.6 Å². The predicted octanol–water partition coefficient (Wildman–Crippen LogP) is 9.84. The molecule has 0 radical (unpaired) electrons. The van der Waals surface area contributed by atoms with Crippen LogP contribution in [0.4, 0.5) is 0 Å². The molecule has 1 fully saturated rings. The van der Waals surface area contributed by atoms with Crippen molar-refractivity contribution in [2.24, 2.45) is 0 Å². The molecule has 0 aromatic carbocycles. The molecule has 9 heteroatoms. The summed E-state index contributed by atoms with van der Waals surface area (Å²) in [5, 5.41) is 54.2. The zero-order valence-corrected chi connectivity index (χ0v) is 36.3. The van der Waals surface area contributed by atoms with Crippen LogP contribution in [0.15, 0.2) is 48.6 Å². The van der Waals surface area contributed by atoms with Gasteiger partial charge in [0.05, 0.1) is 25.4 Å². The number of carbonyl (C=O) groups excluding carboxylic acids is 1. The molecule has 0 aromatic rings. The number of carbonyl (C=O) groups is 1. The molecule has 1 heterocycles. The van der Waals surface area contributed by atoms with Crippen molar-refractivity contribution in [1.82, 2.24) is 5.32 Å². The summed E-state index contributed by atoms with van der Waals surface area (Å²) < 4.78 is 11.2. The van der Waals surface area contributed by atoms with Crippen molar-refractivity contribution in [2.75, 3.05) is 13.2 Å². The van der Waals surface area contributed by atoms with Gasteiger partial charge in [-0.25, -0.2) is 0 Å². The van der Waals surface area contributed by atoms with Crippen LogP contribution >= 0.6 is 0 Å². The van der Waals surface area contributed by atoms with E-state index in [9.17, 15) is 30.3 Å². The molecule has 7 unspecified atom stereocenters. The zero-order valence-electron chi connectivity index (χ0n) is 36.3. The molecule has 1 rings (SSSR count). The van der Waals surface area contributed by atoms with Crippen molar-refractivity contribution in [2.45, 2.75) is 236 Å². The molecule has 0 bridgehead atoms. The first-order chi connectivity index (χ1) is 27.8. The minimum atomic E-state index is -1.57. The number of nitrogens with one attached hydrogen (secondary N) is 1. The minimum absolute atomic E-state index is 0.197. The Kier molecular flexibility index (Phi) is 35.8. The van der Waals surface area contributed by atoms with E-state index in [1.807, 2.05) is 6.08 Å². The normalized spacial score (nSPS) is 21.4. The molecule has 1 amide bonds. The van der Waals surface area contributed by atoms with Gasteiger partial charge in [-0.3, -0.25) is 4.79 Å². The molecule has 9 nitrogen and oxygen atoms in total. The van der Waals surface area contributed by atoms with Crippen LogP contribution in [0.25, 0.3) is 0 Å². The molecule has 1 aliphatic heterocycles. The third-order valence-corrected chi connectivity index (χ3v) is 10.9. The van der Waals surface area contributed by atoms with Crippen LogP contribution in [-0.2, 0) is 14.3 Å². The van der Waals surface area contributed by atoms with Gasteiger partial charge in [0, 0.05) is 6.42 Å². The summed E-state index contributed by atoms with van der Waals surface area (Å²) in [4.78, 5) is 13.0. The van der Waals surface area contributed by atoms with Gasteiger partial charge in [-0.2, -0.15) is 0 Å². The third kappa shape index (κ3) is 29.1. The Balaban J connectivity index is 2.40. The Labute approximate surface area is 348 Å². The lowest BCUT2D eigenvalue weighted by Crippen LogP contribution is -2.60. The van der Waals surface area contributed by atoms with E-state index >= 15 is 0 Å². The Morgan fingerprint density at radius 3 is 1.47 bits per heavy atom. The van der Waals surface area contributed by atoms with Gasteiger partial charge in [-0.05, 0) is 70.6 Å². The summed E-state index contributed by atoms with van der Waals surface area (Å²) in [7, 11) is 0. The minimum Gasteiger partial charge on any atom is -0.394 e. The number of ether oxygens (including phenoxy) is 2. The summed E-state index contributed by atoms with van der Waals surface area (Å²) in [6, 6.07) is -0.829. The van der Waals surface area contributed by atoms with Gasteiger partial charge in [0.2, 0.25) is 5.91 Å². The average Bonchev–Trinajstić information content (AvgIpc) is 3.21. The number of hydrogen-bond donors (Lipinski definition) is 6. The second-order valence-electron chi connectivity index (χ2n) is 16.2. The maximum absolute atomic E-state index is 13.0. The molecule has 6 N–H and O–H groups in total. The van der Waals surface area contributed by atoms with Gasteiger partial charge in [0.25, 0.3) is 0 Å². The van der Waals surface area contributed by atoms with E-state index < -0.39 is 49.5 Å². The number of aliphatic hydroxyl groups is 5. The van der Waals surface area contributed by atoms with Gasteiger partial charge in [0.1, 0.15) is 24.4 Å². The van der Waals surface area contributed by atoms with E-state index in [2.05, 4.69) is 55.6 Å². The quantitative estimate of drug-likeness (QED) is 0.0267. The lowest BCUT2D eigenvalue weighted by Gasteiger charge is -2.40. The first-order valence-corrected chi connectivity index (χ1v) is 23.4. The van der Waals surface area contributed by atoms with Crippen molar-refractivity contribution in [1.29, 1.82) is 0 Å². The smallest absolute Gasteiger partial charge is 0.220 e. The second kappa shape index (κ2) is 38.4. The van der Waals surface area contributed by atoms with Crippen molar-refractivity contribution < 1.29 is 39.8 Å². The van der Waals surface area contributed by atoms with Crippen molar-refractivity contribution in [3.63, 3.8) is 0 Å². The van der Waals surface area contributed by atoms with E-state index in [4.69, 9.17) is 9.47 Å². The number of aliphatic hydroxyl groups excluding tert-OH is 5. The number of rotatable bonds is 38. The van der Waals surface area contributed by atoms with Crippen molar-refractivity contribution >= 4 is 5.91 Å². The lowest BCUT2D eigenvalue weighted by atomic mass is 9.99. The second-order valence-corrected chi connectivity index (χ2v) is 16.2. The van der Waals surface area contributed by atoms with Gasteiger partial charge < -0.3 is 40.3 Å². The summed E-state index contributed by atoms with van der Waals surface area (Å²) in [5.41, 5.74) is 0. The van der Waals surface area contributed by atoms with E-state index in [0.29, 0.717) is 6.42 Å². The van der Waals surface area contributed by atoms with E-state index in [1.165, 1.54) is 109 Å².